The fourth-order valence-electron chi connectivity index (χ4n) is 3.53. The number of rotatable bonds is 4. The van der Waals surface area contributed by atoms with Crippen molar-refractivity contribution in [1.29, 1.82) is 0 Å². The van der Waals surface area contributed by atoms with Crippen LogP contribution in [-0.4, -0.2) is 33.8 Å². The normalized spacial score (nSPS) is 18.4. The first-order chi connectivity index (χ1) is 14.8. The highest BCUT2D eigenvalue weighted by molar-refractivity contribution is 6.09. The van der Waals surface area contributed by atoms with Gasteiger partial charge in [-0.1, -0.05) is 0 Å². The Kier molecular flexibility index (Phi) is 4.92. The van der Waals surface area contributed by atoms with Crippen molar-refractivity contribution in [2.24, 2.45) is 10.7 Å². The molecule has 2 aromatic heterocycles. The van der Waals surface area contributed by atoms with E-state index in [0.717, 1.165) is 23.2 Å². The minimum absolute atomic E-state index is 0.0280. The number of pyridine rings is 2. The van der Waals surface area contributed by atoms with Gasteiger partial charge in [-0.2, -0.15) is 0 Å². The number of guanidine groups is 1. The molecule has 1 aliphatic heterocycles. The summed E-state index contributed by atoms with van der Waals surface area (Å²) in [4.78, 5) is 26.1. The molecule has 3 aromatic rings. The summed E-state index contributed by atoms with van der Waals surface area (Å²) < 4.78 is 56.7. The topological polar surface area (TPSA) is 84.5 Å². The lowest BCUT2D eigenvalue weighted by Crippen LogP contribution is -2.41. The van der Waals surface area contributed by atoms with Gasteiger partial charge in [-0.05, 0) is 18.2 Å². The lowest BCUT2D eigenvalue weighted by atomic mass is 9.81. The van der Waals surface area contributed by atoms with E-state index in [9.17, 15) is 18.0 Å². The average Bonchev–Trinajstić information content (AvgIpc) is 2.98. The van der Waals surface area contributed by atoms with Crippen LogP contribution in [0, 0.1) is 17.5 Å². The molecule has 2 N–H and O–H groups in total. The summed E-state index contributed by atoms with van der Waals surface area (Å²) in [6, 6.07) is 3.95. The van der Waals surface area contributed by atoms with E-state index in [0.29, 0.717) is 6.07 Å². The predicted octanol–water partition coefficient (Wildman–Crippen LogP) is 3.06. The molecule has 0 bridgehead atoms. The number of hydrogen-bond donors (Lipinski definition) is 1. The van der Waals surface area contributed by atoms with Crippen molar-refractivity contribution in [2.75, 3.05) is 7.05 Å². The Hall–Kier alpha value is -3.82. The number of aromatic nitrogens is 2. The maximum absolute atomic E-state index is 15.1. The Morgan fingerprint density at radius 3 is 2.39 bits per heavy atom. The number of nitrogens with two attached hydrogens (primary N) is 1. The predicted molar refractivity (Wildman–Crippen MR) is 104 cm³/mol. The highest BCUT2D eigenvalue weighted by Crippen LogP contribution is 2.42. The van der Waals surface area contributed by atoms with Gasteiger partial charge in [0.05, 0.1) is 6.20 Å². The van der Waals surface area contributed by atoms with Crippen LogP contribution in [0.1, 0.15) is 16.7 Å². The first kappa shape index (κ1) is 20.5. The molecule has 0 fully saturated rings. The fraction of sp³-hybridized carbons (Fsp3) is 0.143. The molecule has 158 valence electrons. The number of benzene rings is 1. The molecule has 0 spiro atoms. The van der Waals surface area contributed by atoms with Gasteiger partial charge in [0.25, 0.3) is 5.91 Å². The van der Waals surface area contributed by atoms with E-state index in [1.165, 1.54) is 31.7 Å². The van der Waals surface area contributed by atoms with Gasteiger partial charge in [0.2, 0.25) is 0 Å². The molecule has 1 atom stereocenters. The van der Waals surface area contributed by atoms with Crippen LogP contribution in [0.25, 0.3) is 11.1 Å². The standard InChI is InChI=1S/C21H15F4N5O/c1-30-19(31)21(29-20(30)26,13-2-11(6-22)7-27-9-13)16-4-15(17(24)5-18(16)25)12-3-14(23)10-28-8-12/h2-5,7-10H,6H2,1H3,(H2,26,29). The first-order valence-corrected chi connectivity index (χ1v) is 9.02. The SMILES string of the molecule is CN1C(=O)C(c2cncc(CF)c2)(c2cc(-c3cncc(F)c3)c(F)cc2F)N=C1N. The molecule has 3 heterocycles. The second-order valence-corrected chi connectivity index (χ2v) is 6.96. The summed E-state index contributed by atoms with van der Waals surface area (Å²) in [6.07, 6.45) is 4.61. The maximum atomic E-state index is 15.1. The van der Waals surface area contributed by atoms with Crippen molar-refractivity contribution in [1.82, 2.24) is 14.9 Å². The molecule has 0 saturated carbocycles. The van der Waals surface area contributed by atoms with Crippen LogP contribution >= 0.6 is 0 Å². The van der Waals surface area contributed by atoms with Crippen LogP contribution in [0.15, 0.2) is 54.0 Å². The third kappa shape index (κ3) is 3.20. The molecule has 1 unspecified atom stereocenters. The molecule has 4 rings (SSSR count). The van der Waals surface area contributed by atoms with Gasteiger partial charge in [0.1, 0.15) is 24.1 Å². The van der Waals surface area contributed by atoms with Crippen molar-refractivity contribution < 1.29 is 22.4 Å². The van der Waals surface area contributed by atoms with Crippen LogP contribution in [0.5, 0.6) is 0 Å². The molecule has 6 nitrogen and oxygen atoms in total. The Morgan fingerprint density at radius 2 is 1.74 bits per heavy atom. The molecular formula is C21H15F4N5O. The molecular weight excluding hydrogens is 414 g/mol. The van der Waals surface area contributed by atoms with Gasteiger partial charge in [0, 0.05) is 59.5 Å². The number of amides is 1. The summed E-state index contributed by atoms with van der Waals surface area (Å²) >= 11 is 0. The van der Waals surface area contributed by atoms with E-state index in [-0.39, 0.29) is 33.8 Å². The average molecular weight is 429 g/mol. The summed E-state index contributed by atoms with van der Waals surface area (Å²) in [5.41, 5.74) is 3.44. The molecule has 1 amide bonds. The zero-order valence-electron chi connectivity index (χ0n) is 16.1. The van der Waals surface area contributed by atoms with E-state index >= 15 is 4.39 Å². The summed E-state index contributed by atoms with van der Waals surface area (Å²) in [6.45, 7) is -0.883. The Labute approximate surface area is 174 Å². The van der Waals surface area contributed by atoms with Crippen molar-refractivity contribution in [3.05, 3.63) is 83.2 Å². The van der Waals surface area contributed by atoms with E-state index in [1.54, 1.807) is 0 Å². The number of carbonyl (C=O) groups excluding carboxylic acids is 1. The van der Waals surface area contributed by atoms with Crippen LogP contribution < -0.4 is 5.73 Å². The van der Waals surface area contributed by atoms with Crippen molar-refractivity contribution in [3.8, 4) is 11.1 Å². The van der Waals surface area contributed by atoms with Gasteiger partial charge in [-0.15, -0.1) is 0 Å². The van der Waals surface area contributed by atoms with Gasteiger partial charge in [0.15, 0.2) is 11.5 Å². The fourth-order valence-corrected chi connectivity index (χ4v) is 3.53. The molecule has 0 radical (unpaired) electrons. The number of likely N-dealkylation sites (N-methyl/N-ethyl adjacent to an activating group) is 1. The number of halogens is 4. The number of hydrogen-bond acceptors (Lipinski definition) is 5. The minimum atomic E-state index is -2.07. The highest BCUT2D eigenvalue weighted by Gasteiger charge is 2.51. The van der Waals surface area contributed by atoms with Gasteiger partial charge >= 0.3 is 0 Å². The van der Waals surface area contributed by atoms with E-state index in [1.807, 2.05) is 0 Å². The van der Waals surface area contributed by atoms with E-state index in [4.69, 9.17) is 5.73 Å². The van der Waals surface area contributed by atoms with Gasteiger partial charge in [-0.25, -0.2) is 22.6 Å². The largest absolute Gasteiger partial charge is 0.369 e. The quantitative estimate of drug-likeness (QED) is 0.646. The lowest BCUT2D eigenvalue weighted by molar-refractivity contribution is -0.129. The number of aliphatic imine (C=N–C) groups is 1. The van der Waals surface area contributed by atoms with Crippen LogP contribution in [-0.2, 0) is 17.0 Å². The highest BCUT2D eigenvalue weighted by atomic mass is 19.1. The van der Waals surface area contributed by atoms with Gasteiger partial charge in [-0.3, -0.25) is 19.7 Å². The zero-order valence-corrected chi connectivity index (χ0v) is 16.1. The minimum Gasteiger partial charge on any atom is -0.369 e. The molecule has 0 saturated heterocycles. The molecule has 1 aromatic carbocycles. The van der Waals surface area contributed by atoms with Crippen molar-refractivity contribution in [2.45, 2.75) is 12.2 Å². The second kappa shape index (κ2) is 7.46. The molecule has 0 aliphatic carbocycles. The van der Waals surface area contributed by atoms with Gasteiger partial charge < -0.3 is 5.73 Å². The summed E-state index contributed by atoms with van der Waals surface area (Å²) in [7, 11) is 1.34. The number of nitrogens with zero attached hydrogens (tertiary/aromatic N) is 4. The van der Waals surface area contributed by atoms with E-state index < -0.39 is 35.6 Å². The van der Waals surface area contributed by atoms with E-state index in [2.05, 4.69) is 15.0 Å². The maximum Gasteiger partial charge on any atom is 0.266 e. The zero-order chi connectivity index (χ0) is 22.3. The Bertz CT molecular complexity index is 1230. The second-order valence-electron chi connectivity index (χ2n) is 6.96. The molecule has 10 heteroatoms. The number of carbonyl (C=O) groups is 1. The lowest BCUT2D eigenvalue weighted by Gasteiger charge is -2.27. The van der Waals surface area contributed by atoms with Crippen molar-refractivity contribution >= 4 is 11.9 Å². The third-order valence-electron chi connectivity index (χ3n) is 5.07. The summed E-state index contributed by atoms with van der Waals surface area (Å²) in [5, 5.41) is 0. The van der Waals surface area contributed by atoms with Crippen LogP contribution in [0.2, 0.25) is 0 Å². The molecule has 31 heavy (non-hydrogen) atoms. The smallest absolute Gasteiger partial charge is 0.266 e. The Morgan fingerprint density at radius 1 is 1.00 bits per heavy atom. The number of alkyl halides is 1. The first-order valence-electron chi connectivity index (χ1n) is 9.02. The monoisotopic (exact) mass is 429 g/mol. The summed E-state index contributed by atoms with van der Waals surface area (Å²) in [5.74, 6) is -3.76. The van der Waals surface area contributed by atoms with Crippen LogP contribution in [0.3, 0.4) is 0 Å². The Balaban J connectivity index is 2.03. The van der Waals surface area contributed by atoms with Crippen LogP contribution in [0.4, 0.5) is 17.6 Å². The third-order valence-corrected chi connectivity index (χ3v) is 5.07. The molecule has 1 aliphatic rings. The van der Waals surface area contributed by atoms with Crippen molar-refractivity contribution in [3.63, 3.8) is 0 Å².